The van der Waals surface area contributed by atoms with Gasteiger partial charge in [0.2, 0.25) is 15.9 Å². The highest BCUT2D eigenvalue weighted by Crippen LogP contribution is 2.28. The van der Waals surface area contributed by atoms with E-state index >= 15 is 0 Å². The molecule has 0 radical (unpaired) electrons. The number of sulfonamides is 1. The third-order valence-electron chi connectivity index (χ3n) is 5.44. The summed E-state index contributed by atoms with van der Waals surface area (Å²) in [7, 11) is -3.18. The van der Waals surface area contributed by atoms with Crippen molar-refractivity contribution in [1.82, 2.24) is 9.21 Å². The summed E-state index contributed by atoms with van der Waals surface area (Å²) in [6.45, 7) is 3.18. The lowest BCUT2D eigenvalue weighted by Crippen LogP contribution is -2.46. The maximum absolute atomic E-state index is 13.0. The Morgan fingerprint density at radius 1 is 1.19 bits per heavy atom. The quantitative estimate of drug-likeness (QED) is 0.690. The second kappa shape index (κ2) is 8.19. The van der Waals surface area contributed by atoms with Crippen molar-refractivity contribution in [2.24, 2.45) is 5.92 Å². The van der Waals surface area contributed by atoms with E-state index in [1.807, 2.05) is 22.4 Å². The van der Waals surface area contributed by atoms with Gasteiger partial charge in [0.1, 0.15) is 0 Å². The first kappa shape index (κ1) is 19.5. The molecule has 0 aromatic carbocycles. The molecule has 2 aliphatic rings. The minimum Gasteiger partial charge on any atom is -0.339 e. The van der Waals surface area contributed by atoms with E-state index in [1.165, 1.54) is 15.6 Å². The van der Waals surface area contributed by atoms with E-state index in [9.17, 15) is 18.0 Å². The Balaban J connectivity index is 1.58. The molecule has 1 aromatic rings. The van der Waals surface area contributed by atoms with Crippen LogP contribution in [0.5, 0.6) is 0 Å². The van der Waals surface area contributed by atoms with Crippen molar-refractivity contribution in [2.45, 2.75) is 45.1 Å². The summed E-state index contributed by atoms with van der Waals surface area (Å²) < 4.78 is 25.4. The summed E-state index contributed by atoms with van der Waals surface area (Å²) >= 11 is 1.44. The lowest BCUT2D eigenvalue weighted by atomic mass is 9.95. The second-order valence-corrected chi connectivity index (χ2v) is 10.2. The van der Waals surface area contributed by atoms with Gasteiger partial charge in [0.05, 0.1) is 10.6 Å². The highest BCUT2D eigenvalue weighted by molar-refractivity contribution is 7.89. The van der Waals surface area contributed by atoms with Gasteiger partial charge in [0.25, 0.3) is 0 Å². The molecule has 8 heteroatoms. The maximum Gasteiger partial charge on any atom is 0.226 e. The average molecular weight is 399 g/mol. The lowest BCUT2D eigenvalue weighted by Gasteiger charge is -2.34. The zero-order valence-electron chi connectivity index (χ0n) is 15.1. The molecule has 26 heavy (non-hydrogen) atoms. The van der Waals surface area contributed by atoms with Crippen molar-refractivity contribution in [3.05, 3.63) is 22.4 Å². The van der Waals surface area contributed by atoms with Crippen LogP contribution in [0.3, 0.4) is 0 Å². The Morgan fingerprint density at radius 2 is 1.92 bits per heavy atom. The molecular weight excluding hydrogens is 372 g/mol. The van der Waals surface area contributed by atoms with Gasteiger partial charge in [0.15, 0.2) is 5.78 Å². The molecule has 2 aliphatic heterocycles. The molecule has 0 bridgehead atoms. The van der Waals surface area contributed by atoms with Gasteiger partial charge < -0.3 is 4.90 Å². The molecule has 2 fully saturated rings. The summed E-state index contributed by atoms with van der Waals surface area (Å²) in [4.78, 5) is 28.0. The van der Waals surface area contributed by atoms with Crippen LogP contribution in [-0.2, 0) is 14.8 Å². The van der Waals surface area contributed by atoms with Gasteiger partial charge in [-0.05, 0) is 44.1 Å². The zero-order valence-corrected chi connectivity index (χ0v) is 16.7. The predicted octanol–water partition coefficient (Wildman–Crippen LogP) is 2.37. The zero-order chi connectivity index (χ0) is 18.7. The Bertz CT molecular complexity index is 737. The lowest BCUT2D eigenvalue weighted by molar-refractivity contribution is -0.137. The van der Waals surface area contributed by atoms with E-state index in [0.717, 1.165) is 17.7 Å². The third kappa shape index (κ3) is 4.18. The molecular formula is C18H26N2O4S2. The number of hydrogen-bond donors (Lipinski definition) is 0. The monoisotopic (exact) mass is 398 g/mol. The van der Waals surface area contributed by atoms with Crippen LogP contribution in [0.4, 0.5) is 0 Å². The smallest absolute Gasteiger partial charge is 0.226 e. The third-order valence-corrected chi connectivity index (χ3v) is 8.23. The molecule has 0 unspecified atom stereocenters. The number of amides is 1. The van der Waals surface area contributed by atoms with Crippen LogP contribution in [0.1, 0.15) is 48.7 Å². The van der Waals surface area contributed by atoms with Crippen LogP contribution in [0.2, 0.25) is 0 Å². The largest absolute Gasteiger partial charge is 0.339 e. The number of hydrogen-bond acceptors (Lipinski definition) is 5. The number of Topliss-reactive ketones (excluding diaryl/α,β-unsaturated/α-hetero) is 1. The van der Waals surface area contributed by atoms with E-state index in [2.05, 4.69) is 0 Å². The fraction of sp³-hybridized carbons (Fsp3) is 0.667. The molecule has 0 aliphatic carbocycles. The first-order valence-electron chi connectivity index (χ1n) is 9.27. The van der Waals surface area contributed by atoms with Crippen molar-refractivity contribution in [2.75, 3.05) is 25.4 Å². The average Bonchev–Trinajstić information content (AvgIpc) is 3.33. The number of rotatable bonds is 6. The second-order valence-electron chi connectivity index (χ2n) is 7.01. The molecule has 0 saturated carbocycles. The molecule has 1 aromatic heterocycles. The Hall–Kier alpha value is -1.25. The number of thiophene rings is 1. The van der Waals surface area contributed by atoms with Crippen molar-refractivity contribution in [3.63, 3.8) is 0 Å². The van der Waals surface area contributed by atoms with Crippen LogP contribution in [0, 0.1) is 5.92 Å². The van der Waals surface area contributed by atoms with Crippen molar-refractivity contribution in [1.29, 1.82) is 0 Å². The maximum atomic E-state index is 13.0. The predicted molar refractivity (Wildman–Crippen MR) is 102 cm³/mol. The number of carbonyl (C=O) groups is 2. The molecule has 1 atom stereocenters. The highest BCUT2D eigenvalue weighted by Gasteiger charge is 2.37. The first-order valence-corrected chi connectivity index (χ1v) is 11.8. The van der Waals surface area contributed by atoms with Gasteiger partial charge in [-0.3, -0.25) is 9.59 Å². The van der Waals surface area contributed by atoms with Crippen LogP contribution >= 0.6 is 11.3 Å². The molecule has 1 amide bonds. The Kier molecular flexibility index (Phi) is 6.14. The number of piperidine rings is 1. The number of ketones is 1. The summed E-state index contributed by atoms with van der Waals surface area (Å²) in [5.74, 6) is 0.175. The SMILES string of the molecule is CCS(=O)(=O)N1CCC(C(=O)N2CCC[C@@H]2CC(=O)c2cccs2)CC1. The topological polar surface area (TPSA) is 74.8 Å². The number of carbonyl (C=O) groups excluding carboxylic acids is 2. The van der Waals surface area contributed by atoms with Crippen LogP contribution in [-0.4, -0.2) is 60.7 Å². The van der Waals surface area contributed by atoms with Gasteiger partial charge in [-0.25, -0.2) is 12.7 Å². The standard InChI is InChI=1S/C18H26N2O4S2/c1-2-26(23,24)19-10-7-14(8-11-19)18(22)20-9-3-5-15(20)13-16(21)17-6-4-12-25-17/h4,6,12,14-15H,2-3,5,7-11,13H2,1H3/t15-/m1/s1. The molecule has 6 nitrogen and oxygen atoms in total. The van der Waals surface area contributed by atoms with Gasteiger partial charge in [-0.15, -0.1) is 11.3 Å². The normalized spacial score (nSPS) is 22.7. The Labute approximate surface area is 159 Å². The van der Waals surface area contributed by atoms with E-state index in [1.54, 1.807) is 6.92 Å². The van der Waals surface area contributed by atoms with Crippen molar-refractivity contribution >= 4 is 33.1 Å². The molecule has 3 heterocycles. The molecule has 2 saturated heterocycles. The molecule has 0 spiro atoms. The van der Waals surface area contributed by atoms with Crippen molar-refractivity contribution < 1.29 is 18.0 Å². The minimum atomic E-state index is -3.18. The van der Waals surface area contributed by atoms with Crippen LogP contribution in [0.15, 0.2) is 17.5 Å². The van der Waals surface area contributed by atoms with E-state index in [4.69, 9.17) is 0 Å². The summed E-state index contributed by atoms with van der Waals surface area (Å²) in [6.07, 6.45) is 3.32. The fourth-order valence-corrected chi connectivity index (χ4v) is 5.70. The number of likely N-dealkylation sites (tertiary alicyclic amines) is 1. The first-order chi connectivity index (χ1) is 12.4. The van der Waals surface area contributed by atoms with Gasteiger partial charge >= 0.3 is 0 Å². The number of nitrogens with zero attached hydrogens (tertiary/aromatic N) is 2. The van der Waals surface area contributed by atoms with Gasteiger partial charge in [-0.1, -0.05) is 6.07 Å². The van der Waals surface area contributed by atoms with E-state index < -0.39 is 10.0 Å². The highest BCUT2D eigenvalue weighted by atomic mass is 32.2. The van der Waals surface area contributed by atoms with Crippen LogP contribution in [0.25, 0.3) is 0 Å². The van der Waals surface area contributed by atoms with E-state index in [0.29, 0.717) is 38.9 Å². The van der Waals surface area contributed by atoms with Gasteiger partial charge in [0, 0.05) is 38.0 Å². The summed E-state index contributed by atoms with van der Waals surface area (Å²) in [5, 5.41) is 1.89. The molecule has 0 N–H and O–H groups in total. The Morgan fingerprint density at radius 3 is 2.54 bits per heavy atom. The van der Waals surface area contributed by atoms with Gasteiger partial charge in [-0.2, -0.15) is 0 Å². The summed E-state index contributed by atoms with van der Waals surface area (Å²) in [6, 6.07) is 3.68. The summed E-state index contributed by atoms with van der Waals surface area (Å²) in [5.41, 5.74) is 0. The van der Waals surface area contributed by atoms with E-state index in [-0.39, 0.29) is 29.4 Å². The molecule has 144 valence electrons. The fourth-order valence-electron chi connectivity index (χ4n) is 3.89. The van der Waals surface area contributed by atoms with Crippen LogP contribution < -0.4 is 0 Å². The molecule has 3 rings (SSSR count). The minimum absolute atomic E-state index is 0.0190. The van der Waals surface area contributed by atoms with Crippen molar-refractivity contribution in [3.8, 4) is 0 Å².